The molecule has 1 N–H and O–H groups in total. The number of nitrogens with zero attached hydrogens (tertiary/aromatic N) is 2. The average molecular weight is 256 g/mol. The van der Waals surface area contributed by atoms with Gasteiger partial charge >= 0.3 is 0 Å². The Kier molecular flexibility index (Phi) is 3.38. The Morgan fingerprint density at radius 2 is 2.11 bits per heavy atom. The predicted octanol–water partition coefficient (Wildman–Crippen LogP) is 2.34. The molecule has 19 heavy (non-hydrogen) atoms. The van der Waals surface area contributed by atoms with E-state index in [4.69, 9.17) is 0 Å². The second-order valence-electron chi connectivity index (χ2n) is 5.52. The molecule has 0 saturated carbocycles. The van der Waals surface area contributed by atoms with Crippen LogP contribution in [0.3, 0.4) is 0 Å². The van der Waals surface area contributed by atoms with Crippen LogP contribution in [-0.4, -0.2) is 21.3 Å². The molecule has 2 heterocycles. The maximum atomic E-state index is 9.25. The minimum atomic E-state index is 0.290. The summed E-state index contributed by atoms with van der Waals surface area (Å²) >= 11 is 0. The standard InChI is InChI=1S/C16H20N2O/c1-12-2-4-13(5-3-12)9-16-17-10-15-8-14(11-19)6-7-18(15)16/h2-5,10,14,19H,6-9,11H2,1H3. The molecule has 0 aliphatic carbocycles. The number of hydrogen-bond acceptors (Lipinski definition) is 2. The van der Waals surface area contributed by atoms with Crippen LogP contribution in [0.5, 0.6) is 0 Å². The van der Waals surface area contributed by atoms with E-state index in [1.54, 1.807) is 0 Å². The van der Waals surface area contributed by atoms with Crippen LogP contribution in [0, 0.1) is 12.8 Å². The summed E-state index contributed by atoms with van der Waals surface area (Å²) in [5.74, 6) is 1.56. The van der Waals surface area contributed by atoms with Crippen LogP contribution < -0.4 is 0 Å². The smallest absolute Gasteiger partial charge is 0.113 e. The van der Waals surface area contributed by atoms with Crippen LogP contribution >= 0.6 is 0 Å². The zero-order chi connectivity index (χ0) is 13.2. The maximum absolute atomic E-state index is 9.25. The molecule has 0 saturated heterocycles. The first-order valence-electron chi connectivity index (χ1n) is 6.96. The first-order valence-corrected chi connectivity index (χ1v) is 6.96. The lowest BCUT2D eigenvalue weighted by molar-refractivity contribution is 0.200. The van der Waals surface area contributed by atoms with E-state index in [-0.39, 0.29) is 0 Å². The highest BCUT2D eigenvalue weighted by Gasteiger charge is 2.20. The molecule has 0 spiro atoms. The number of benzene rings is 1. The quantitative estimate of drug-likeness (QED) is 0.915. The van der Waals surface area contributed by atoms with Crippen molar-refractivity contribution in [3.05, 3.63) is 53.1 Å². The van der Waals surface area contributed by atoms with Crippen molar-refractivity contribution in [3.63, 3.8) is 0 Å². The number of rotatable bonds is 3. The summed E-state index contributed by atoms with van der Waals surface area (Å²) in [6.45, 7) is 3.39. The summed E-state index contributed by atoms with van der Waals surface area (Å²) in [6.07, 6.45) is 4.88. The third-order valence-electron chi connectivity index (χ3n) is 4.02. The summed E-state index contributed by atoms with van der Waals surface area (Å²) in [6, 6.07) is 8.65. The molecule has 1 aromatic carbocycles. The molecule has 0 bridgehead atoms. The molecule has 1 aliphatic rings. The van der Waals surface area contributed by atoms with Crippen molar-refractivity contribution in [1.29, 1.82) is 0 Å². The van der Waals surface area contributed by atoms with Crippen LogP contribution in [0.2, 0.25) is 0 Å². The fourth-order valence-corrected chi connectivity index (χ4v) is 2.78. The molecule has 1 atom stereocenters. The van der Waals surface area contributed by atoms with E-state index in [0.29, 0.717) is 12.5 Å². The number of aliphatic hydroxyl groups is 1. The predicted molar refractivity (Wildman–Crippen MR) is 75.1 cm³/mol. The van der Waals surface area contributed by atoms with E-state index in [1.807, 2.05) is 6.20 Å². The van der Waals surface area contributed by atoms with Crippen molar-refractivity contribution < 1.29 is 5.11 Å². The Balaban J connectivity index is 1.80. The minimum Gasteiger partial charge on any atom is -0.396 e. The molecule has 0 amide bonds. The molecule has 1 aliphatic heterocycles. The van der Waals surface area contributed by atoms with Crippen molar-refractivity contribution in [2.75, 3.05) is 6.61 Å². The first-order chi connectivity index (χ1) is 9.26. The van der Waals surface area contributed by atoms with E-state index < -0.39 is 0 Å². The van der Waals surface area contributed by atoms with Crippen molar-refractivity contribution in [2.45, 2.75) is 32.7 Å². The molecule has 100 valence electrons. The molecule has 3 heteroatoms. The lowest BCUT2D eigenvalue weighted by atomic mass is 9.97. The summed E-state index contributed by atoms with van der Waals surface area (Å²) < 4.78 is 2.33. The highest BCUT2D eigenvalue weighted by atomic mass is 16.3. The van der Waals surface area contributed by atoms with Gasteiger partial charge in [0.2, 0.25) is 0 Å². The molecule has 0 fully saturated rings. The van der Waals surface area contributed by atoms with Gasteiger partial charge in [-0.2, -0.15) is 0 Å². The second-order valence-corrected chi connectivity index (χ2v) is 5.52. The number of aliphatic hydroxyl groups excluding tert-OH is 1. The lowest BCUT2D eigenvalue weighted by Gasteiger charge is -2.23. The zero-order valence-corrected chi connectivity index (χ0v) is 11.3. The second kappa shape index (κ2) is 5.17. The van der Waals surface area contributed by atoms with Gasteiger partial charge in [-0.3, -0.25) is 0 Å². The van der Waals surface area contributed by atoms with Crippen LogP contribution in [-0.2, 0) is 19.4 Å². The number of hydrogen-bond donors (Lipinski definition) is 1. The van der Waals surface area contributed by atoms with Crippen LogP contribution in [0.25, 0.3) is 0 Å². The first kappa shape index (κ1) is 12.4. The normalized spacial score (nSPS) is 18.3. The molecular weight excluding hydrogens is 236 g/mol. The van der Waals surface area contributed by atoms with Gasteiger partial charge in [-0.05, 0) is 31.2 Å². The molecule has 3 rings (SSSR count). The van der Waals surface area contributed by atoms with Gasteiger partial charge in [0.15, 0.2) is 0 Å². The molecular formula is C16H20N2O. The Bertz CT molecular complexity index is 557. The van der Waals surface area contributed by atoms with Crippen LogP contribution in [0.4, 0.5) is 0 Å². The third-order valence-corrected chi connectivity index (χ3v) is 4.02. The summed E-state index contributed by atoms with van der Waals surface area (Å²) in [5, 5.41) is 9.25. The van der Waals surface area contributed by atoms with Crippen molar-refractivity contribution >= 4 is 0 Å². The van der Waals surface area contributed by atoms with Gasteiger partial charge < -0.3 is 9.67 Å². The minimum absolute atomic E-state index is 0.290. The van der Waals surface area contributed by atoms with Crippen LogP contribution in [0.1, 0.15) is 29.1 Å². The fraction of sp³-hybridized carbons (Fsp3) is 0.438. The molecule has 1 unspecified atom stereocenters. The largest absolute Gasteiger partial charge is 0.396 e. The van der Waals surface area contributed by atoms with Gasteiger partial charge in [-0.15, -0.1) is 0 Å². The third kappa shape index (κ3) is 2.56. The number of fused-ring (bicyclic) bond motifs is 1. The van der Waals surface area contributed by atoms with Crippen molar-refractivity contribution in [1.82, 2.24) is 9.55 Å². The molecule has 3 nitrogen and oxygen atoms in total. The summed E-state index contributed by atoms with van der Waals surface area (Å²) in [7, 11) is 0. The number of aromatic nitrogens is 2. The molecule has 1 aromatic heterocycles. The summed E-state index contributed by atoms with van der Waals surface area (Å²) in [4.78, 5) is 4.57. The van der Waals surface area contributed by atoms with E-state index in [2.05, 4.69) is 40.7 Å². The highest BCUT2D eigenvalue weighted by Crippen LogP contribution is 2.22. The zero-order valence-electron chi connectivity index (χ0n) is 11.3. The number of imidazole rings is 1. The van der Waals surface area contributed by atoms with Gasteiger partial charge in [0.25, 0.3) is 0 Å². The monoisotopic (exact) mass is 256 g/mol. The SMILES string of the molecule is Cc1ccc(Cc2ncc3n2CCC(CO)C3)cc1. The van der Waals surface area contributed by atoms with E-state index >= 15 is 0 Å². The Hall–Kier alpha value is -1.61. The maximum Gasteiger partial charge on any atom is 0.113 e. The lowest BCUT2D eigenvalue weighted by Crippen LogP contribution is -2.22. The Morgan fingerprint density at radius 1 is 1.32 bits per heavy atom. The van der Waals surface area contributed by atoms with E-state index in [1.165, 1.54) is 16.8 Å². The van der Waals surface area contributed by atoms with Gasteiger partial charge in [-0.25, -0.2) is 4.98 Å². The molecule has 2 aromatic rings. The average Bonchev–Trinajstić information content (AvgIpc) is 2.83. The van der Waals surface area contributed by atoms with E-state index in [0.717, 1.165) is 31.6 Å². The van der Waals surface area contributed by atoms with Gasteiger partial charge in [0.05, 0.1) is 0 Å². The fourth-order valence-electron chi connectivity index (χ4n) is 2.78. The van der Waals surface area contributed by atoms with Gasteiger partial charge in [-0.1, -0.05) is 29.8 Å². The van der Waals surface area contributed by atoms with Crippen molar-refractivity contribution in [3.8, 4) is 0 Å². The highest BCUT2D eigenvalue weighted by molar-refractivity contribution is 5.25. The van der Waals surface area contributed by atoms with Gasteiger partial charge in [0, 0.05) is 31.5 Å². The van der Waals surface area contributed by atoms with Gasteiger partial charge in [0.1, 0.15) is 5.82 Å². The number of aryl methyl sites for hydroxylation is 1. The molecule has 0 radical (unpaired) electrons. The van der Waals surface area contributed by atoms with E-state index in [9.17, 15) is 5.11 Å². The Morgan fingerprint density at radius 3 is 2.84 bits per heavy atom. The van der Waals surface area contributed by atoms with Crippen molar-refractivity contribution in [2.24, 2.45) is 5.92 Å². The topological polar surface area (TPSA) is 38.0 Å². The Labute approximate surface area is 113 Å². The van der Waals surface area contributed by atoms with Crippen LogP contribution in [0.15, 0.2) is 30.5 Å². The summed E-state index contributed by atoms with van der Waals surface area (Å²) in [5.41, 5.74) is 3.87.